The summed E-state index contributed by atoms with van der Waals surface area (Å²) in [6.07, 6.45) is 5.58. The van der Waals surface area contributed by atoms with Gasteiger partial charge in [-0.2, -0.15) is 0 Å². The van der Waals surface area contributed by atoms with Crippen molar-refractivity contribution in [2.75, 3.05) is 14.2 Å². The molecule has 2 aliphatic heterocycles. The van der Waals surface area contributed by atoms with Crippen molar-refractivity contribution in [1.29, 1.82) is 0 Å². The quantitative estimate of drug-likeness (QED) is 0.614. The Kier molecular flexibility index (Phi) is 4.43. The molecule has 2 saturated heterocycles. The van der Waals surface area contributed by atoms with E-state index in [9.17, 15) is 0 Å². The number of fused-ring (bicyclic) bond motifs is 2. The summed E-state index contributed by atoms with van der Waals surface area (Å²) in [7, 11) is 3.82. The average Bonchev–Trinajstić information content (AvgIpc) is 2.72. The van der Waals surface area contributed by atoms with Crippen molar-refractivity contribution in [2.45, 2.75) is 37.3 Å². The van der Waals surface area contributed by atoms with Crippen molar-refractivity contribution in [3.8, 4) is 0 Å². The minimum atomic E-state index is 0.353. The molecule has 0 spiro atoms. The summed E-state index contributed by atoms with van der Waals surface area (Å²) in [5.41, 5.74) is 1.25. The maximum absolute atomic E-state index is 6.20. The van der Waals surface area contributed by atoms with Crippen LogP contribution in [0.5, 0.6) is 0 Å². The van der Waals surface area contributed by atoms with E-state index in [1.54, 1.807) is 7.11 Å². The zero-order valence-electron chi connectivity index (χ0n) is 12.3. The topological polar surface area (TPSA) is 24.8 Å². The molecule has 2 bridgehead atoms. The van der Waals surface area contributed by atoms with Crippen LogP contribution in [0.1, 0.15) is 30.7 Å². The first kappa shape index (κ1) is 15.1. The number of rotatable bonds is 3. The third-order valence-electron chi connectivity index (χ3n) is 5.04. The van der Waals surface area contributed by atoms with Gasteiger partial charge in [0.2, 0.25) is 0 Å². The SMILES string of the molecule is CO/N=C\[C@@H]1[C@@H](c2ccc(Cl)c(Cl)c2)C[C@@H]2CC[C@H]1N2C. The molecule has 2 heterocycles. The van der Waals surface area contributed by atoms with E-state index in [0.717, 1.165) is 6.42 Å². The van der Waals surface area contributed by atoms with Crippen molar-refractivity contribution in [1.82, 2.24) is 4.90 Å². The fourth-order valence-corrected chi connectivity index (χ4v) is 4.25. The van der Waals surface area contributed by atoms with Crippen LogP contribution >= 0.6 is 23.2 Å². The smallest absolute Gasteiger partial charge is 0.106 e. The van der Waals surface area contributed by atoms with Crippen molar-refractivity contribution in [3.63, 3.8) is 0 Å². The lowest BCUT2D eigenvalue weighted by Gasteiger charge is -2.41. The molecule has 0 saturated carbocycles. The van der Waals surface area contributed by atoms with Gasteiger partial charge in [0.05, 0.1) is 10.0 Å². The van der Waals surface area contributed by atoms with Gasteiger partial charge in [0.15, 0.2) is 0 Å². The van der Waals surface area contributed by atoms with Gasteiger partial charge >= 0.3 is 0 Å². The lowest BCUT2D eigenvalue weighted by molar-refractivity contribution is 0.131. The zero-order chi connectivity index (χ0) is 15.0. The molecular weight excluding hydrogens is 307 g/mol. The Balaban J connectivity index is 1.94. The molecule has 0 unspecified atom stereocenters. The molecule has 3 nitrogen and oxygen atoms in total. The number of halogens is 2. The Morgan fingerprint density at radius 1 is 1.29 bits per heavy atom. The third-order valence-corrected chi connectivity index (χ3v) is 5.78. The van der Waals surface area contributed by atoms with E-state index >= 15 is 0 Å². The van der Waals surface area contributed by atoms with Gasteiger partial charge in [0, 0.05) is 24.2 Å². The summed E-state index contributed by atoms with van der Waals surface area (Å²) in [5, 5.41) is 5.29. The summed E-state index contributed by atoms with van der Waals surface area (Å²) < 4.78 is 0. The van der Waals surface area contributed by atoms with Crippen LogP contribution in [-0.2, 0) is 4.84 Å². The van der Waals surface area contributed by atoms with Crippen molar-refractivity contribution in [3.05, 3.63) is 33.8 Å². The Morgan fingerprint density at radius 3 is 2.81 bits per heavy atom. The maximum atomic E-state index is 6.20. The molecule has 5 heteroatoms. The van der Waals surface area contributed by atoms with Crippen LogP contribution < -0.4 is 0 Å². The van der Waals surface area contributed by atoms with Crippen molar-refractivity contribution >= 4 is 29.4 Å². The van der Waals surface area contributed by atoms with Gasteiger partial charge in [-0.15, -0.1) is 0 Å². The van der Waals surface area contributed by atoms with E-state index in [1.807, 2.05) is 18.3 Å². The summed E-state index contributed by atoms with van der Waals surface area (Å²) in [4.78, 5) is 7.42. The first-order chi connectivity index (χ1) is 10.1. The Hall–Kier alpha value is -0.770. The first-order valence-corrected chi connectivity index (χ1v) is 8.11. The van der Waals surface area contributed by atoms with Crippen LogP contribution in [0.2, 0.25) is 10.0 Å². The highest BCUT2D eigenvalue weighted by molar-refractivity contribution is 6.42. The number of piperidine rings is 1. The van der Waals surface area contributed by atoms with E-state index in [2.05, 4.69) is 23.2 Å². The lowest BCUT2D eigenvalue weighted by Crippen LogP contribution is -2.46. The van der Waals surface area contributed by atoms with E-state index in [0.29, 0.717) is 34.0 Å². The third kappa shape index (κ3) is 2.79. The monoisotopic (exact) mass is 326 g/mol. The second-order valence-corrected chi connectivity index (χ2v) is 6.81. The van der Waals surface area contributed by atoms with E-state index < -0.39 is 0 Å². The van der Waals surface area contributed by atoms with Crippen LogP contribution in [0.15, 0.2) is 23.4 Å². The average molecular weight is 327 g/mol. The molecule has 2 aliphatic rings. The van der Waals surface area contributed by atoms with Gasteiger partial charge in [-0.1, -0.05) is 34.4 Å². The second-order valence-electron chi connectivity index (χ2n) is 5.99. The van der Waals surface area contributed by atoms with E-state index in [1.165, 1.54) is 18.4 Å². The number of hydrogen-bond acceptors (Lipinski definition) is 3. The van der Waals surface area contributed by atoms with Crippen LogP contribution in [0.4, 0.5) is 0 Å². The molecule has 0 aromatic heterocycles. The van der Waals surface area contributed by atoms with Gasteiger partial charge in [0.1, 0.15) is 7.11 Å². The van der Waals surface area contributed by atoms with Gasteiger partial charge in [-0.3, -0.25) is 4.90 Å². The number of nitrogens with zero attached hydrogens (tertiary/aromatic N) is 2. The molecule has 2 fully saturated rings. The van der Waals surface area contributed by atoms with Crippen LogP contribution in [0.3, 0.4) is 0 Å². The molecule has 0 N–H and O–H groups in total. The maximum Gasteiger partial charge on any atom is 0.106 e. The Labute approximate surface area is 135 Å². The molecule has 0 radical (unpaired) electrons. The van der Waals surface area contributed by atoms with E-state index in [4.69, 9.17) is 28.0 Å². The lowest BCUT2D eigenvalue weighted by atomic mass is 9.77. The molecule has 114 valence electrons. The number of oxime groups is 1. The predicted molar refractivity (Wildman–Crippen MR) is 87.4 cm³/mol. The summed E-state index contributed by atoms with van der Waals surface area (Å²) in [6.45, 7) is 0. The highest BCUT2D eigenvalue weighted by atomic mass is 35.5. The van der Waals surface area contributed by atoms with Crippen LogP contribution in [0.25, 0.3) is 0 Å². The molecule has 0 aliphatic carbocycles. The normalized spacial score (nSPS) is 32.8. The summed E-state index contributed by atoms with van der Waals surface area (Å²) >= 11 is 12.2. The molecule has 21 heavy (non-hydrogen) atoms. The van der Waals surface area contributed by atoms with Crippen molar-refractivity contribution in [2.24, 2.45) is 11.1 Å². The number of benzene rings is 1. The minimum Gasteiger partial charge on any atom is -0.399 e. The van der Waals surface area contributed by atoms with Gasteiger partial charge < -0.3 is 4.84 Å². The first-order valence-electron chi connectivity index (χ1n) is 7.35. The molecule has 4 atom stereocenters. The molecule has 0 amide bonds. The Bertz CT molecular complexity index is 549. The highest BCUT2D eigenvalue weighted by Gasteiger charge is 2.45. The van der Waals surface area contributed by atoms with Gasteiger partial charge in [0.25, 0.3) is 0 Å². The van der Waals surface area contributed by atoms with Gasteiger partial charge in [-0.05, 0) is 49.9 Å². The Morgan fingerprint density at radius 2 is 2.10 bits per heavy atom. The molecule has 3 rings (SSSR count). The highest BCUT2D eigenvalue weighted by Crippen LogP contribution is 2.46. The largest absolute Gasteiger partial charge is 0.399 e. The zero-order valence-corrected chi connectivity index (χ0v) is 13.8. The predicted octanol–water partition coefficient (Wildman–Crippen LogP) is 4.19. The summed E-state index contributed by atoms with van der Waals surface area (Å²) in [6, 6.07) is 7.18. The standard InChI is InChI=1S/C16H20Cl2N2O/c1-20-11-4-6-16(20)13(9-19-21-2)12(8-11)10-3-5-14(17)15(18)7-10/h3,5,7,9,11-13,16H,4,6,8H2,1-2H3/b19-9-/t11-,12+,13+,16+/m0/s1. The fraction of sp³-hybridized carbons (Fsp3) is 0.562. The van der Waals surface area contributed by atoms with Crippen LogP contribution in [0, 0.1) is 5.92 Å². The van der Waals surface area contributed by atoms with Crippen molar-refractivity contribution < 1.29 is 4.84 Å². The molecule has 1 aromatic carbocycles. The van der Waals surface area contributed by atoms with Gasteiger partial charge in [-0.25, -0.2) is 0 Å². The van der Waals surface area contributed by atoms with Crippen LogP contribution in [-0.4, -0.2) is 37.4 Å². The second kappa shape index (κ2) is 6.15. The number of hydrogen-bond donors (Lipinski definition) is 0. The summed E-state index contributed by atoms with van der Waals surface area (Å²) in [5.74, 6) is 0.776. The fourth-order valence-electron chi connectivity index (χ4n) is 3.94. The van der Waals surface area contributed by atoms with E-state index in [-0.39, 0.29) is 0 Å². The minimum absolute atomic E-state index is 0.353. The molecule has 1 aromatic rings. The molecular formula is C16H20Cl2N2O.